The molecule has 3 aromatic rings. The first-order valence-electron chi connectivity index (χ1n) is 9.94. The molecule has 1 aromatic heterocycles. The molecule has 0 atom stereocenters. The lowest BCUT2D eigenvalue weighted by Crippen LogP contribution is -2.48. The molecule has 0 bridgehead atoms. The molecule has 0 spiro atoms. The molecule has 30 heavy (non-hydrogen) atoms. The quantitative estimate of drug-likeness (QED) is 0.635. The van der Waals surface area contributed by atoms with Crippen molar-refractivity contribution >= 4 is 11.6 Å². The van der Waals surface area contributed by atoms with Crippen LogP contribution in [0.2, 0.25) is 0 Å². The topological polar surface area (TPSA) is 45.7 Å². The normalized spacial score (nSPS) is 13.4. The predicted molar refractivity (Wildman–Crippen MR) is 118 cm³/mol. The Hall–Kier alpha value is -3.78. The molecule has 150 valence electrons. The molecule has 1 amide bonds. The minimum absolute atomic E-state index is 0.0230. The van der Waals surface area contributed by atoms with Gasteiger partial charge in [0.15, 0.2) is 0 Å². The third-order valence-electron chi connectivity index (χ3n) is 5.16. The summed E-state index contributed by atoms with van der Waals surface area (Å²) in [6.07, 6.45) is 3.59. The van der Waals surface area contributed by atoms with Gasteiger partial charge in [-0.1, -0.05) is 30.0 Å². The van der Waals surface area contributed by atoms with Crippen LogP contribution < -0.4 is 9.64 Å². The average molecular weight is 397 g/mol. The number of carbonyl (C=O) groups excluding carboxylic acids is 1. The number of methoxy groups -OCH3 is 1. The largest absolute Gasteiger partial charge is 0.495 e. The highest BCUT2D eigenvalue weighted by atomic mass is 16.5. The van der Waals surface area contributed by atoms with Crippen molar-refractivity contribution in [2.24, 2.45) is 0 Å². The molecular formula is C25H23N3O2. The minimum atomic E-state index is 0.0230. The highest BCUT2D eigenvalue weighted by Crippen LogP contribution is 2.21. The third-order valence-corrected chi connectivity index (χ3v) is 5.16. The number of anilines is 1. The van der Waals surface area contributed by atoms with Gasteiger partial charge in [0.25, 0.3) is 5.91 Å². The van der Waals surface area contributed by atoms with Gasteiger partial charge in [-0.25, -0.2) is 0 Å². The van der Waals surface area contributed by atoms with E-state index in [1.807, 2.05) is 65.6 Å². The smallest absolute Gasteiger partial charge is 0.254 e. The van der Waals surface area contributed by atoms with E-state index < -0.39 is 0 Å². The molecule has 0 N–H and O–H groups in total. The van der Waals surface area contributed by atoms with Crippen molar-refractivity contribution < 1.29 is 9.53 Å². The van der Waals surface area contributed by atoms with Crippen LogP contribution in [0.4, 0.5) is 5.69 Å². The van der Waals surface area contributed by atoms with Gasteiger partial charge < -0.3 is 14.5 Å². The average Bonchev–Trinajstić information content (AvgIpc) is 2.83. The summed E-state index contributed by atoms with van der Waals surface area (Å²) in [4.78, 5) is 21.3. The molecule has 0 unspecified atom stereocenters. The maximum atomic E-state index is 13.1. The number of ether oxygens (including phenoxy) is 1. The van der Waals surface area contributed by atoms with Crippen LogP contribution in [0, 0.1) is 11.8 Å². The van der Waals surface area contributed by atoms with Gasteiger partial charge in [-0.05, 0) is 42.5 Å². The molecule has 2 aromatic carbocycles. The van der Waals surface area contributed by atoms with Crippen LogP contribution in [-0.4, -0.2) is 49.1 Å². The van der Waals surface area contributed by atoms with Crippen molar-refractivity contribution in [3.8, 4) is 17.6 Å². The lowest BCUT2D eigenvalue weighted by atomic mass is 10.1. The van der Waals surface area contributed by atoms with Gasteiger partial charge in [0.05, 0.1) is 12.7 Å². The number of hydrogen-bond donors (Lipinski definition) is 0. The Labute approximate surface area is 176 Å². The number of aromatic nitrogens is 1. The fourth-order valence-electron chi connectivity index (χ4n) is 3.50. The van der Waals surface area contributed by atoms with Crippen molar-refractivity contribution in [2.75, 3.05) is 38.2 Å². The molecule has 5 heteroatoms. The summed E-state index contributed by atoms with van der Waals surface area (Å²) in [5.74, 6) is 6.97. The highest BCUT2D eigenvalue weighted by Gasteiger charge is 2.23. The molecule has 1 aliphatic rings. The van der Waals surface area contributed by atoms with Gasteiger partial charge in [-0.2, -0.15) is 0 Å². The monoisotopic (exact) mass is 397 g/mol. The maximum Gasteiger partial charge on any atom is 0.254 e. The highest BCUT2D eigenvalue weighted by molar-refractivity contribution is 5.95. The molecular weight excluding hydrogens is 374 g/mol. The number of benzene rings is 2. The van der Waals surface area contributed by atoms with E-state index in [9.17, 15) is 4.79 Å². The lowest BCUT2D eigenvalue weighted by molar-refractivity contribution is 0.0746. The predicted octanol–water partition coefficient (Wildman–Crippen LogP) is 3.45. The Morgan fingerprint density at radius 1 is 0.933 bits per heavy atom. The van der Waals surface area contributed by atoms with E-state index in [2.05, 4.69) is 21.7 Å². The molecule has 0 saturated carbocycles. The second-order valence-electron chi connectivity index (χ2n) is 7.02. The summed E-state index contributed by atoms with van der Waals surface area (Å²) >= 11 is 0. The molecule has 2 heterocycles. The van der Waals surface area contributed by atoms with E-state index in [0.717, 1.165) is 24.3 Å². The third kappa shape index (κ3) is 4.44. The van der Waals surface area contributed by atoms with Gasteiger partial charge in [0.1, 0.15) is 5.75 Å². The van der Waals surface area contributed by atoms with E-state index in [-0.39, 0.29) is 5.91 Å². The van der Waals surface area contributed by atoms with Crippen LogP contribution in [0.1, 0.15) is 21.5 Å². The zero-order chi connectivity index (χ0) is 20.8. The van der Waals surface area contributed by atoms with Crippen molar-refractivity contribution in [3.05, 3.63) is 89.7 Å². The van der Waals surface area contributed by atoms with Gasteiger partial charge >= 0.3 is 0 Å². The van der Waals surface area contributed by atoms with Gasteiger partial charge in [-0.15, -0.1) is 0 Å². The SMILES string of the molecule is COc1ccc(C(=O)N2CCN(c3ccncc3)CC2)cc1C#Cc1ccccc1. The van der Waals surface area contributed by atoms with Gasteiger partial charge in [-0.3, -0.25) is 9.78 Å². The van der Waals surface area contributed by atoms with Crippen molar-refractivity contribution in [3.63, 3.8) is 0 Å². The Morgan fingerprint density at radius 2 is 1.67 bits per heavy atom. The Balaban J connectivity index is 1.49. The number of piperazine rings is 1. The fraction of sp³-hybridized carbons (Fsp3) is 0.200. The van der Waals surface area contributed by atoms with Crippen LogP contribution in [0.25, 0.3) is 0 Å². The van der Waals surface area contributed by atoms with E-state index in [4.69, 9.17) is 4.74 Å². The Morgan fingerprint density at radius 3 is 2.37 bits per heavy atom. The number of amides is 1. The standard InChI is InChI=1S/C25H23N3O2/c1-30-24-10-9-22(19-21(24)8-7-20-5-3-2-4-6-20)25(29)28-17-15-27(16-18-28)23-11-13-26-14-12-23/h2-6,9-14,19H,15-18H2,1H3. The Kier molecular flexibility index (Phi) is 5.95. The Bertz CT molecular complexity index is 1060. The summed E-state index contributed by atoms with van der Waals surface area (Å²) in [6.45, 7) is 2.95. The van der Waals surface area contributed by atoms with Crippen molar-refractivity contribution in [1.82, 2.24) is 9.88 Å². The van der Waals surface area contributed by atoms with E-state index in [1.165, 1.54) is 0 Å². The number of hydrogen-bond acceptors (Lipinski definition) is 4. The molecule has 0 aliphatic carbocycles. The molecule has 1 fully saturated rings. The molecule has 4 rings (SSSR count). The van der Waals surface area contributed by atoms with Crippen LogP contribution in [0.3, 0.4) is 0 Å². The summed E-state index contributed by atoms with van der Waals surface area (Å²) in [7, 11) is 1.61. The number of carbonyl (C=O) groups is 1. The zero-order valence-corrected chi connectivity index (χ0v) is 16.9. The summed E-state index contributed by atoms with van der Waals surface area (Å²) < 4.78 is 5.44. The van der Waals surface area contributed by atoms with Crippen LogP contribution in [-0.2, 0) is 0 Å². The fourth-order valence-corrected chi connectivity index (χ4v) is 3.50. The summed E-state index contributed by atoms with van der Waals surface area (Å²) in [6, 6.07) is 19.2. The van der Waals surface area contributed by atoms with Crippen LogP contribution >= 0.6 is 0 Å². The zero-order valence-electron chi connectivity index (χ0n) is 16.9. The minimum Gasteiger partial charge on any atom is -0.495 e. The number of rotatable bonds is 3. The lowest BCUT2D eigenvalue weighted by Gasteiger charge is -2.36. The summed E-state index contributed by atoms with van der Waals surface area (Å²) in [5.41, 5.74) is 3.40. The molecule has 5 nitrogen and oxygen atoms in total. The second kappa shape index (κ2) is 9.15. The maximum absolute atomic E-state index is 13.1. The first-order valence-corrected chi connectivity index (χ1v) is 9.94. The molecule has 1 aliphatic heterocycles. The number of nitrogens with zero attached hydrogens (tertiary/aromatic N) is 3. The van der Waals surface area contributed by atoms with E-state index in [0.29, 0.717) is 30.0 Å². The van der Waals surface area contributed by atoms with Gasteiger partial charge in [0.2, 0.25) is 0 Å². The van der Waals surface area contributed by atoms with Crippen molar-refractivity contribution in [2.45, 2.75) is 0 Å². The van der Waals surface area contributed by atoms with Crippen LogP contribution in [0.5, 0.6) is 5.75 Å². The molecule has 1 saturated heterocycles. The van der Waals surface area contributed by atoms with Crippen LogP contribution in [0.15, 0.2) is 73.1 Å². The second-order valence-corrected chi connectivity index (χ2v) is 7.02. The van der Waals surface area contributed by atoms with Gasteiger partial charge in [0, 0.05) is 55.4 Å². The molecule has 0 radical (unpaired) electrons. The number of pyridine rings is 1. The summed E-state index contributed by atoms with van der Waals surface area (Å²) in [5, 5.41) is 0. The first kappa shape index (κ1) is 19.5. The van der Waals surface area contributed by atoms with E-state index >= 15 is 0 Å². The first-order chi connectivity index (χ1) is 14.7. The van der Waals surface area contributed by atoms with E-state index in [1.54, 1.807) is 19.5 Å². The van der Waals surface area contributed by atoms with Crippen molar-refractivity contribution in [1.29, 1.82) is 0 Å².